The summed E-state index contributed by atoms with van der Waals surface area (Å²) in [5, 5.41) is 13.1. The van der Waals surface area contributed by atoms with Crippen molar-refractivity contribution >= 4 is 11.9 Å². The number of carboxylic acids is 1. The number of carbonyl (C=O) groups is 2. The van der Waals surface area contributed by atoms with Crippen molar-refractivity contribution in [3.8, 4) is 5.75 Å². The predicted molar refractivity (Wildman–Crippen MR) is 133 cm³/mol. The van der Waals surface area contributed by atoms with E-state index in [4.69, 9.17) is 14.6 Å². The quantitative estimate of drug-likeness (QED) is 0.456. The van der Waals surface area contributed by atoms with E-state index in [1.807, 2.05) is 54.6 Å². The van der Waals surface area contributed by atoms with Crippen molar-refractivity contribution in [3.63, 3.8) is 0 Å². The summed E-state index contributed by atoms with van der Waals surface area (Å²) >= 11 is 0. The SMILES string of the molecule is Cn1nc(C(=O)O)cc1COc1cccc([C@@H](CC(=O)O[C@H]2CN3CCC2CC3)c2ccccc2)c1. The molecular formula is C28H31N3O5. The highest BCUT2D eigenvalue weighted by Crippen LogP contribution is 2.33. The van der Waals surface area contributed by atoms with Gasteiger partial charge < -0.3 is 14.6 Å². The van der Waals surface area contributed by atoms with Crippen molar-refractivity contribution < 1.29 is 24.2 Å². The van der Waals surface area contributed by atoms with Crippen LogP contribution in [0, 0.1) is 5.92 Å². The lowest BCUT2D eigenvalue weighted by Crippen LogP contribution is -2.52. The number of carboxylic acid groups (broad SMARTS) is 1. The van der Waals surface area contributed by atoms with Gasteiger partial charge in [0, 0.05) is 19.5 Å². The highest BCUT2D eigenvalue weighted by molar-refractivity contribution is 5.85. The summed E-state index contributed by atoms with van der Waals surface area (Å²) in [7, 11) is 1.69. The van der Waals surface area contributed by atoms with E-state index in [-0.39, 0.29) is 36.7 Å². The van der Waals surface area contributed by atoms with Crippen LogP contribution in [-0.2, 0) is 23.2 Å². The van der Waals surface area contributed by atoms with Gasteiger partial charge in [0.15, 0.2) is 5.69 Å². The average molecular weight is 490 g/mol. The molecule has 0 aliphatic carbocycles. The topological polar surface area (TPSA) is 93.9 Å². The number of benzene rings is 2. The smallest absolute Gasteiger partial charge is 0.356 e. The van der Waals surface area contributed by atoms with Gasteiger partial charge in [-0.25, -0.2) is 4.79 Å². The Morgan fingerprint density at radius 3 is 2.47 bits per heavy atom. The molecule has 2 atom stereocenters. The van der Waals surface area contributed by atoms with Gasteiger partial charge in [-0.05, 0) is 61.2 Å². The molecule has 2 aromatic carbocycles. The van der Waals surface area contributed by atoms with Crippen LogP contribution in [0.4, 0.5) is 0 Å². The van der Waals surface area contributed by atoms with Gasteiger partial charge in [-0.2, -0.15) is 5.10 Å². The first-order chi connectivity index (χ1) is 17.5. The second-order valence-corrected chi connectivity index (χ2v) is 9.64. The van der Waals surface area contributed by atoms with Crippen LogP contribution in [-0.4, -0.2) is 57.5 Å². The van der Waals surface area contributed by atoms with Crippen molar-refractivity contribution in [2.45, 2.75) is 37.9 Å². The molecule has 0 radical (unpaired) electrons. The zero-order valence-corrected chi connectivity index (χ0v) is 20.4. The Balaban J connectivity index is 1.31. The summed E-state index contributed by atoms with van der Waals surface area (Å²) in [6, 6.07) is 19.2. The van der Waals surface area contributed by atoms with Gasteiger partial charge in [0.05, 0.1) is 12.1 Å². The molecule has 1 aromatic heterocycles. The minimum absolute atomic E-state index is 0.0133. The molecule has 0 saturated carbocycles. The van der Waals surface area contributed by atoms with E-state index < -0.39 is 5.97 Å². The first-order valence-electron chi connectivity index (χ1n) is 12.4. The molecule has 3 aliphatic rings. The number of fused-ring (bicyclic) bond motifs is 3. The third kappa shape index (κ3) is 5.44. The molecule has 6 rings (SSSR count). The maximum atomic E-state index is 13.1. The Labute approximate surface area is 210 Å². The molecule has 3 aromatic rings. The zero-order valence-electron chi connectivity index (χ0n) is 20.4. The summed E-state index contributed by atoms with van der Waals surface area (Å²) in [5.74, 6) is -0.310. The van der Waals surface area contributed by atoms with Crippen LogP contribution in [0.2, 0.25) is 0 Å². The van der Waals surface area contributed by atoms with Gasteiger partial charge in [-0.15, -0.1) is 0 Å². The number of esters is 1. The molecule has 0 amide bonds. The summed E-state index contributed by atoms with van der Waals surface area (Å²) in [6.45, 7) is 3.23. The Hall–Kier alpha value is -3.65. The number of rotatable bonds is 9. The minimum Gasteiger partial charge on any atom is -0.487 e. The summed E-state index contributed by atoms with van der Waals surface area (Å²) < 4.78 is 13.5. The lowest BCUT2D eigenvalue weighted by molar-refractivity contribution is -0.159. The van der Waals surface area contributed by atoms with E-state index in [2.05, 4.69) is 10.00 Å². The molecule has 3 saturated heterocycles. The van der Waals surface area contributed by atoms with Gasteiger partial charge in [-0.3, -0.25) is 14.4 Å². The molecule has 188 valence electrons. The molecule has 4 heterocycles. The Kier molecular flexibility index (Phi) is 7.04. The monoisotopic (exact) mass is 489 g/mol. The average Bonchev–Trinajstić information content (AvgIpc) is 3.28. The molecular weight excluding hydrogens is 458 g/mol. The predicted octanol–water partition coefficient (Wildman–Crippen LogP) is 3.86. The normalized spacial score (nSPS) is 21.6. The van der Waals surface area contributed by atoms with Crippen LogP contribution >= 0.6 is 0 Å². The second kappa shape index (κ2) is 10.5. The van der Waals surface area contributed by atoms with Crippen LogP contribution < -0.4 is 4.74 Å². The van der Waals surface area contributed by atoms with Crippen molar-refractivity contribution in [1.29, 1.82) is 0 Å². The minimum atomic E-state index is -1.07. The Morgan fingerprint density at radius 2 is 1.81 bits per heavy atom. The van der Waals surface area contributed by atoms with E-state index in [0.29, 0.717) is 17.4 Å². The molecule has 3 fully saturated rings. The molecule has 0 spiro atoms. The zero-order chi connectivity index (χ0) is 25.1. The number of nitrogens with zero attached hydrogens (tertiary/aromatic N) is 3. The molecule has 1 N–H and O–H groups in total. The maximum Gasteiger partial charge on any atom is 0.356 e. The highest BCUT2D eigenvalue weighted by atomic mass is 16.5. The standard InChI is InChI=1S/C28H31N3O5/c1-30-22(15-25(29-30)28(33)34)18-35-23-9-5-8-21(14-23)24(19-6-3-2-4-7-19)16-27(32)36-26-17-31-12-10-20(26)11-13-31/h2-9,14-15,20,24,26H,10-13,16-18H2,1H3,(H,33,34)/t24-,26-/m0/s1. The fourth-order valence-electron chi connectivity index (χ4n) is 5.27. The van der Waals surface area contributed by atoms with Gasteiger partial charge in [0.2, 0.25) is 0 Å². The van der Waals surface area contributed by atoms with E-state index in [0.717, 1.165) is 43.6 Å². The van der Waals surface area contributed by atoms with Crippen LogP contribution in [0.15, 0.2) is 60.7 Å². The number of aryl methyl sites for hydroxylation is 1. The number of ether oxygens (including phenoxy) is 2. The van der Waals surface area contributed by atoms with E-state index in [1.54, 1.807) is 7.05 Å². The lowest BCUT2D eigenvalue weighted by atomic mass is 9.85. The lowest BCUT2D eigenvalue weighted by Gasteiger charge is -2.44. The molecule has 0 unspecified atom stereocenters. The number of carbonyl (C=O) groups excluding carboxylic acids is 1. The summed E-state index contributed by atoms with van der Waals surface area (Å²) in [4.78, 5) is 26.7. The van der Waals surface area contributed by atoms with E-state index >= 15 is 0 Å². The van der Waals surface area contributed by atoms with Crippen LogP contribution in [0.1, 0.15) is 52.5 Å². The van der Waals surface area contributed by atoms with E-state index in [9.17, 15) is 9.59 Å². The number of aromatic carboxylic acids is 1. The molecule has 2 bridgehead atoms. The van der Waals surface area contributed by atoms with Crippen molar-refractivity contribution in [2.75, 3.05) is 19.6 Å². The van der Waals surface area contributed by atoms with Crippen molar-refractivity contribution in [1.82, 2.24) is 14.7 Å². The van der Waals surface area contributed by atoms with Crippen molar-refractivity contribution in [2.24, 2.45) is 13.0 Å². The Morgan fingerprint density at radius 1 is 1.06 bits per heavy atom. The van der Waals surface area contributed by atoms with Crippen LogP contribution in [0.5, 0.6) is 5.75 Å². The molecule has 3 aliphatic heterocycles. The number of hydrogen-bond acceptors (Lipinski definition) is 6. The van der Waals surface area contributed by atoms with Crippen LogP contribution in [0.25, 0.3) is 0 Å². The van der Waals surface area contributed by atoms with Gasteiger partial charge in [0.1, 0.15) is 18.5 Å². The second-order valence-electron chi connectivity index (χ2n) is 9.64. The first kappa shape index (κ1) is 24.1. The number of aromatic nitrogens is 2. The van der Waals surface area contributed by atoms with Crippen LogP contribution in [0.3, 0.4) is 0 Å². The number of piperidine rings is 3. The molecule has 36 heavy (non-hydrogen) atoms. The largest absolute Gasteiger partial charge is 0.487 e. The maximum absolute atomic E-state index is 13.1. The first-order valence-corrected chi connectivity index (χ1v) is 12.4. The molecule has 8 heteroatoms. The van der Waals surface area contributed by atoms with Gasteiger partial charge in [-0.1, -0.05) is 42.5 Å². The third-order valence-corrected chi connectivity index (χ3v) is 7.29. The van der Waals surface area contributed by atoms with Gasteiger partial charge in [0.25, 0.3) is 0 Å². The van der Waals surface area contributed by atoms with E-state index in [1.165, 1.54) is 10.7 Å². The Bertz CT molecular complexity index is 1220. The summed E-state index contributed by atoms with van der Waals surface area (Å²) in [6.07, 6.45) is 2.44. The third-order valence-electron chi connectivity index (χ3n) is 7.29. The van der Waals surface area contributed by atoms with Crippen molar-refractivity contribution in [3.05, 3.63) is 83.2 Å². The molecule has 8 nitrogen and oxygen atoms in total. The highest BCUT2D eigenvalue weighted by Gasteiger charge is 2.36. The number of hydrogen-bond donors (Lipinski definition) is 1. The fourth-order valence-corrected chi connectivity index (χ4v) is 5.27. The van der Waals surface area contributed by atoms with Gasteiger partial charge >= 0.3 is 11.9 Å². The summed E-state index contributed by atoms with van der Waals surface area (Å²) in [5.41, 5.74) is 2.63. The fraction of sp³-hybridized carbons (Fsp3) is 0.393.